The molecule has 2 aromatic heterocycles. The molecule has 4 rings (SSSR count). The third-order valence-electron chi connectivity index (χ3n) is 7.49. The smallest absolute Gasteiger partial charge is 0.350 e. The zero-order valence-electron chi connectivity index (χ0n) is 24.0. The number of nitrogen functional groups attached to an aromatic ring is 1. The highest BCUT2D eigenvalue weighted by Crippen LogP contribution is 2.37. The molecule has 2 aliphatic carbocycles. The number of methoxy groups -OCH3 is 2. The van der Waals surface area contributed by atoms with Crippen LogP contribution in [0.5, 0.6) is 0 Å². The van der Waals surface area contributed by atoms with Gasteiger partial charge >= 0.3 is 11.9 Å². The van der Waals surface area contributed by atoms with Crippen molar-refractivity contribution in [2.45, 2.75) is 88.3 Å². The lowest BCUT2D eigenvalue weighted by Gasteiger charge is -2.21. The van der Waals surface area contributed by atoms with E-state index in [4.69, 9.17) is 10.5 Å². The number of hydrogen-bond acceptors (Lipinski definition) is 10. The molecule has 222 valence electrons. The van der Waals surface area contributed by atoms with Gasteiger partial charge in [0, 0.05) is 23.8 Å². The van der Waals surface area contributed by atoms with Crippen LogP contribution in [0, 0.1) is 0 Å². The summed E-state index contributed by atoms with van der Waals surface area (Å²) in [6.45, 7) is 0. The first-order valence-corrected chi connectivity index (χ1v) is 15.4. The van der Waals surface area contributed by atoms with E-state index in [0.29, 0.717) is 21.1 Å². The van der Waals surface area contributed by atoms with Crippen LogP contribution >= 0.6 is 22.7 Å². The molecule has 0 bridgehead atoms. The van der Waals surface area contributed by atoms with Crippen molar-refractivity contribution in [1.29, 1.82) is 0 Å². The zero-order valence-corrected chi connectivity index (χ0v) is 25.7. The number of aryl methyl sites for hydroxylation is 2. The minimum Gasteiger partial charge on any atom is -0.465 e. The van der Waals surface area contributed by atoms with Crippen LogP contribution in [0.25, 0.3) is 0 Å². The van der Waals surface area contributed by atoms with Gasteiger partial charge in [-0.1, -0.05) is 25.7 Å². The number of ether oxygens (including phenoxy) is 2. The SMILES string of the molecule is COC(=O)c1sc(CCC2(O)CCCC2)cc1N.COC(=O)c1sc(CCC2(O)CCCC2)cc1N=CN(C)C. The van der Waals surface area contributed by atoms with Crippen molar-refractivity contribution >= 4 is 52.3 Å². The lowest BCUT2D eigenvalue weighted by molar-refractivity contribution is 0.0389. The molecular weight excluding hydrogens is 550 g/mol. The van der Waals surface area contributed by atoms with Gasteiger partial charge < -0.3 is 30.3 Å². The molecule has 0 aromatic carbocycles. The molecule has 2 saturated carbocycles. The highest BCUT2D eigenvalue weighted by molar-refractivity contribution is 7.14. The lowest BCUT2D eigenvalue weighted by Crippen LogP contribution is -2.24. The maximum absolute atomic E-state index is 11.9. The van der Waals surface area contributed by atoms with Gasteiger partial charge in [-0.25, -0.2) is 14.6 Å². The standard InChI is InChI=1S/C16H24N2O3S.C13H19NO3S/c1-18(2)11-17-13-10-12(22-14(13)15(19)21-3)6-9-16(20)7-4-5-8-16;1-17-12(15)11-10(14)8-9(18-11)4-7-13(16)5-2-3-6-13/h10-11,20H,4-9H2,1-3H3;8,16H,2-7,14H2,1H3. The molecule has 11 heteroatoms. The Morgan fingerprint density at radius 1 is 0.900 bits per heavy atom. The molecule has 0 radical (unpaired) electrons. The summed E-state index contributed by atoms with van der Waals surface area (Å²) in [4.78, 5) is 32.5. The van der Waals surface area contributed by atoms with Crippen LogP contribution in [0.3, 0.4) is 0 Å². The number of esters is 2. The zero-order chi connectivity index (χ0) is 29.3. The van der Waals surface area contributed by atoms with E-state index in [-0.39, 0.29) is 11.9 Å². The molecule has 0 saturated heterocycles. The van der Waals surface area contributed by atoms with Crippen molar-refractivity contribution < 1.29 is 29.3 Å². The van der Waals surface area contributed by atoms with Gasteiger partial charge in [0.1, 0.15) is 9.75 Å². The number of carbonyl (C=O) groups is 2. The monoisotopic (exact) mass is 593 g/mol. The fourth-order valence-corrected chi connectivity index (χ4v) is 7.19. The number of aliphatic imine (C=N–C) groups is 1. The number of rotatable bonds is 10. The quantitative estimate of drug-likeness (QED) is 0.191. The van der Waals surface area contributed by atoms with Gasteiger partial charge in [-0.3, -0.25) is 0 Å². The summed E-state index contributed by atoms with van der Waals surface area (Å²) in [5.74, 6) is -0.745. The van der Waals surface area contributed by atoms with Crippen molar-refractivity contribution in [2.75, 3.05) is 34.0 Å². The average molecular weight is 594 g/mol. The van der Waals surface area contributed by atoms with E-state index in [1.807, 2.05) is 31.1 Å². The normalized spacial score (nSPS) is 17.4. The van der Waals surface area contributed by atoms with Crippen LogP contribution in [0.15, 0.2) is 17.1 Å². The number of thiophene rings is 2. The second-order valence-corrected chi connectivity index (χ2v) is 13.3. The Labute approximate surface area is 245 Å². The van der Waals surface area contributed by atoms with E-state index >= 15 is 0 Å². The number of anilines is 1. The van der Waals surface area contributed by atoms with Crippen LogP contribution in [-0.2, 0) is 22.3 Å². The van der Waals surface area contributed by atoms with Crippen LogP contribution in [0.2, 0.25) is 0 Å². The van der Waals surface area contributed by atoms with Crippen LogP contribution in [-0.4, -0.2) is 72.9 Å². The summed E-state index contributed by atoms with van der Waals surface area (Å²) in [6, 6.07) is 3.74. The van der Waals surface area contributed by atoms with E-state index < -0.39 is 11.2 Å². The van der Waals surface area contributed by atoms with E-state index in [2.05, 4.69) is 9.73 Å². The number of nitrogens with zero attached hydrogens (tertiary/aromatic N) is 2. The minimum absolute atomic E-state index is 0.360. The van der Waals surface area contributed by atoms with Gasteiger partial charge in [0.25, 0.3) is 0 Å². The van der Waals surface area contributed by atoms with Gasteiger partial charge in [0.15, 0.2) is 0 Å². The maximum atomic E-state index is 11.9. The first-order valence-electron chi connectivity index (χ1n) is 13.8. The van der Waals surface area contributed by atoms with Crippen LogP contribution in [0.4, 0.5) is 11.4 Å². The summed E-state index contributed by atoms with van der Waals surface area (Å²) in [5, 5.41) is 20.7. The molecule has 2 aromatic rings. The molecule has 2 fully saturated rings. The third kappa shape index (κ3) is 9.02. The molecule has 0 amide bonds. The number of nitrogens with two attached hydrogens (primary N) is 1. The minimum atomic E-state index is -0.525. The van der Waals surface area contributed by atoms with E-state index in [1.165, 1.54) is 36.9 Å². The number of hydrogen-bond donors (Lipinski definition) is 3. The molecule has 0 atom stereocenters. The highest BCUT2D eigenvalue weighted by Gasteiger charge is 2.32. The molecule has 9 nitrogen and oxygen atoms in total. The number of aliphatic hydroxyl groups is 2. The fraction of sp³-hybridized carbons (Fsp3) is 0.621. The average Bonchev–Trinajstić information content (AvgIpc) is 3.72. The van der Waals surface area contributed by atoms with Crippen molar-refractivity contribution in [1.82, 2.24) is 4.90 Å². The van der Waals surface area contributed by atoms with Gasteiger partial charge in [0.2, 0.25) is 0 Å². The van der Waals surface area contributed by atoms with E-state index in [1.54, 1.807) is 6.34 Å². The Bertz CT molecular complexity index is 1160. The predicted molar refractivity (Wildman–Crippen MR) is 161 cm³/mol. The third-order valence-corrected chi connectivity index (χ3v) is 9.84. The number of carbonyl (C=O) groups excluding carboxylic acids is 2. The molecule has 2 heterocycles. The predicted octanol–water partition coefficient (Wildman–Crippen LogP) is 5.35. The summed E-state index contributed by atoms with van der Waals surface area (Å²) < 4.78 is 9.50. The Morgan fingerprint density at radius 2 is 1.35 bits per heavy atom. The van der Waals surface area contributed by atoms with Crippen molar-refractivity contribution in [2.24, 2.45) is 4.99 Å². The first-order chi connectivity index (χ1) is 19.0. The molecule has 4 N–H and O–H groups in total. The lowest BCUT2D eigenvalue weighted by atomic mass is 9.96. The highest BCUT2D eigenvalue weighted by atomic mass is 32.1. The molecule has 0 spiro atoms. The molecule has 2 aliphatic rings. The van der Waals surface area contributed by atoms with E-state index in [9.17, 15) is 19.8 Å². The van der Waals surface area contributed by atoms with Crippen molar-refractivity contribution in [3.05, 3.63) is 31.6 Å². The van der Waals surface area contributed by atoms with Gasteiger partial charge in [-0.15, -0.1) is 22.7 Å². The maximum Gasteiger partial charge on any atom is 0.350 e. The van der Waals surface area contributed by atoms with Crippen LogP contribution < -0.4 is 5.73 Å². The Balaban J connectivity index is 0.000000225. The molecule has 0 unspecified atom stereocenters. The van der Waals surface area contributed by atoms with Crippen molar-refractivity contribution in [3.63, 3.8) is 0 Å². The second kappa shape index (κ2) is 14.4. The van der Waals surface area contributed by atoms with Crippen molar-refractivity contribution in [3.8, 4) is 0 Å². The summed E-state index contributed by atoms with van der Waals surface area (Å²) in [7, 11) is 6.49. The first kappa shape index (κ1) is 32.0. The van der Waals surface area contributed by atoms with Crippen LogP contribution in [0.1, 0.15) is 93.3 Å². The Morgan fingerprint density at radius 3 is 1.82 bits per heavy atom. The Kier molecular flexibility index (Phi) is 11.6. The molecule has 40 heavy (non-hydrogen) atoms. The fourth-order valence-electron chi connectivity index (χ4n) is 5.18. The molecule has 0 aliphatic heterocycles. The second-order valence-electron chi connectivity index (χ2n) is 11.0. The van der Waals surface area contributed by atoms with Gasteiger partial charge in [0.05, 0.1) is 43.1 Å². The largest absolute Gasteiger partial charge is 0.465 e. The summed E-state index contributed by atoms with van der Waals surface area (Å²) >= 11 is 2.77. The molecular formula is C29H43N3O6S2. The van der Waals surface area contributed by atoms with Gasteiger partial charge in [-0.2, -0.15) is 0 Å². The van der Waals surface area contributed by atoms with Gasteiger partial charge in [-0.05, 0) is 63.5 Å². The van der Waals surface area contributed by atoms with E-state index in [0.717, 1.165) is 86.8 Å². The topological polar surface area (TPSA) is 135 Å². The Hall–Kier alpha value is -2.47. The summed E-state index contributed by atoms with van der Waals surface area (Å²) in [5.41, 5.74) is 5.86. The summed E-state index contributed by atoms with van der Waals surface area (Å²) in [6.07, 6.45) is 12.6.